The molecule has 22 heavy (non-hydrogen) atoms. The Morgan fingerprint density at radius 1 is 1.00 bits per heavy atom. The van der Waals surface area contributed by atoms with Crippen LogP contribution < -0.4 is 5.19 Å². The lowest BCUT2D eigenvalue weighted by Gasteiger charge is -2.28. The van der Waals surface area contributed by atoms with Gasteiger partial charge in [-0.2, -0.15) is 0 Å². The van der Waals surface area contributed by atoms with Crippen molar-refractivity contribution in [3.05, 3.63) is 48.2 Å². The van der Waals surface area contributed by atoms with Crippen LogP contribution in [0.1, 0.15) is 40.2 Å². The van der Waals surface area contributed by atoms with Crippen molar-refractivity contribution in [2.75, 3.05) is 0 Å². The van der Waals surface area contributed by atoms with E-state index in [4.69, 9.17) is 0 Å². The maximum Gasteiger partial charge on any atom is 0.0833 e. The van der Waals surface area contributed by atoms with E-state index in [2.05, 4.69) is 89.1 Å². The molecule has 0 bridgehead atoms. The van der Waals surface area contributed by atoms with Gasteiger partial charge in [0.2, 0.25) is 0 Å². The molecule has 0 aliphatic carbocycles. The molecule has 1 heterocycles. The third-order valence-electron chi connectivity index (χ3n) is 4.96. The van der Waals surface area contributed by atoms with Gasteiger partial charge in [-0.1, -0.05) is 77.2 Å². The number of aromatic nitrogens is 1. The summed E-state index contributed by atoms with van der Waals surface area (Å²) in [6.45, 7) is 16.4. The van der Waals surface area contributed by atoms with Crippen molar-refractivity contribution in [2.24, 2.45) is 0 Å². The average molecular weight is 312 g/mol. The molecule has 0 N–H and O–H groups in total. The van der Waals surface area contributed by atoms with Gasteiger partial charge in [0.1, 0.15) is 0 Å². The molecule has 1 nitrogen and oxygen atoms in total. The summed E-state index contributed by atoms with van der Waals surface area (Å²) in [5.74, 6) is 0. The van der Waals surface area contributed by atoms with Crippen LogP contribution in [-0.2, 0) is 5.41 Å². The Morgan fingerprint density at radius 3 is 2.23 bits per heavy atom. The first-order valence-electron chi connectivity index (χ1n) is 8.20. The fourth-order valence-corrected chi connectivity index (χ4v) is 4.35. The van der Waals surface area contributed by atoms with Gasteiger partial charge >= 0.3 is 0 Å². The predicted molar refractivity (Wildman–Crippen MR) is 101 cm³/mol. The molecule has 0 saturated carbocycles. The van der Waals surface area contributed by atoms with Gasteiger partial charge in [-0.15, -0.1) is 0 Å². The molecule has 0 radical (unpaired) electrons. The highest BCUT2D eigenvalue weighted by Gasteiger charge is 2.28. The van der Waals surface area contributed by atoms with Gasteiger partial charge in [-0.05, 0) is 28.7 Å². The fourth-order valence-electron chi connectivity index (χ4n) is 2.67. The Labute approximate surface area is 136 Å². The first kappa shape index (κ1) is 16.9. The van der Waals surface area contributed by atoms with E-state index in [9.17, 15) is 0 Å². The lowest BCUT2D eigenvalue weighted by molar-refractivity contribution is 0.592. The molecule has 0 fully saturated rings. The molecule has 2 rings (SSSR count). The molecule has 0 aliphatic heterocycles. The molecule has 1 aromatic carbocycles. The summed E-state index contributed by atoms with van der Waals surface area (Å²) in [5, 5.41) is 1.50. The molecule has 0 saturated heterocycles. The zero-order chi connectivity index (χ0) is 16.5. The second-order valence-corrected chi connectivity index (χ2v) is 13.3. The van der Waals surface area contributed by atoms with E-state index < -0.39 is 8.07 Å². The van der Waals surface area contributed by atoms with Crippen LogP contribution in [0.15, 0.2) is 42.6 Å². The minimum Gasteiger partial charge on any atom is -0.256 e. The predicted octanol–water partition coefficient (Wildman–Crippen LogP) is 5.37. The van der Waals surface area contributed by atoms with Gasteiger partial charge in [0.25, 0.3) is 0 Å². The molecule has 2 heteroatoms. The van der Waals surface area contributed by atoms with Crippen LogP contribution in [0.25, 0.3) is 11.3 Å². The molecular weight excluding hydrogens is 282 g/mol. The molecule has 118 valence electrons. The molecule has 0 amide bonds. The maximum absolute atomic E-state index is 4.68. The van der Waals surface area contributed by atoms with Crippen LogP contribution in [-0.4, -0.2) is 13.1 Å². The van der Waals surface area contributed by atoms with Crippen molar-refractivity contribution in [3.8, 4) is 11.3 Å². The van der Waals surface area contributed by atoms with Gasteiger partial charge in [-0.3, -0.25) is 4.98 Å². The van der Waals surface area contributed by atoms with Crippen LogP contribution in [0.2, 0.25) is 18.6 Å². The number of rotatable bonds is 3. The van der Waals surface area contributed by atoms with Crippen molar-refractivity contribution >= 4 is 13.3 Å². The average Bonchev–Trinajstić information content (AvgIpc) is 2.46. The maximum atomic E-state index is 4.68. The van der Waals surface area contributed by atoms with Gasteiger partial charge in [0.15, 0.2) is 0 Å². The molecule has 0 unspecified atom stereocenters. The van der Waals surface area contributed by atoms with E-state index >= 15 is 0 Å². The lowest BCUT2D eigenvalue weighted by atomic mass is 9.83. The minimum atomic E-state index is -1.42. The van der Waals surface area contributed by atoms with Crippen LogP contribution in [0.4, 0.5) is 0 Å². The Balaban J connectivity index is 2.57. The van der Waals surface area contributed by atoms with Gasteiger partial charge in [0.05, 0.1) is 13.8 Å². The topological polar surface area (TPSA) is 12.9 Å². The number of pyridine rings is 1. The summed E-state index contributed by atoms with van der Waals surface area (Å²) in [5.41, 5.74) is 4.60. The highest BCUT2D eigenvalue weighted by atomic mass is 28.3. The second kappa shape index (κ2) is 6.00. The first-order chi connectivity index (χ1) is 10.1. The summed E-state index contributed by atoms with van der Waals surface area (Å²) < 4.78 is 0. The van der Waals surface area contributed by atoms with Gasteiger partial charge in [-0.25, -0.2) is 0 Å². The number of hydrogen-bond acceptors (Lipinski definition) is 1. The third kappa shape index (κ3) is 3.32. The molecule has 0 aliphatic rings. The highest BCUT2D eigenvalue weighted by molar-refractivity contribution is 6.90. The van der Waals surface area contributed by atoms with Crippen LogP contribution in [0.5, 0.6) is 0 Å². The SMILES string of the molecule is CC(C)[Si](C)(C)c1ccnc(-c2ccccc2C(C)(C)C)c1. The standard InChI is InChI=1S/C20H29NSi/c1-15(2)22(6,7)16-12-13-21-19(14-16)17-10-8-9-11-18(17)20(3,4)5/h8-15H,1-7H3. The molecule has 2 aromatic rings. The summed E-state index contributed by atoms with van der Waals surface area (Å²) >= 11 is 0. The fraction of sp³-hybridized carbons (Fsp3) is 0.450. The van der Waals surface area contributed by atoms with E-state index in [0.29, 0.717) is 0 Å². The van der Waals surface area contributed by atoms with Gasteiger partial charge in [0, 0.05) is 11.8 Å². The molecule has 0 atom stereocenters. The highest BCUT2D eigenvalue weighted by Crippen LogP contribution is 2.32. The zero-order valence-corrected chi connectivity index (χ0v) is 16.1. The van der Waals surface area contributed by atoms with E-state index in [1.54, 1.807) is 0 Å². The second-order valence-electron chi connectivity index (χ2n) is 8.10. The smallest absolute Gasteiger partial charge is 0.0833 e. The van der Waals surface area contributed by atoms with Crippen molar-refractivity contribution in [1.82, 2.24) is 4.98 Å². The zero-order valence-electron chi connectivity index (χ0n) is 15.1. The normalized spacial score (nSPS) is 12.7. The lowest BCUT2D eigenvalue weighted by Crippen LogP contribution is -2.44. The quantitative estimate of drug-likeness (QED) is 0.694. The summed E-state index contributed by atoms with van der Waals surface area (Å²) in [7, 11) is -1.42. The largest absolute Gasteiger partial charge is 0.256 e. The van der Waals surface area contributed by atoms with Gasteiger partial charge < -0.3 is 0 Å². The van der Waals surface area contributed by atoms with Crippen molar-refractivity contribution in [1.29, 1.82) is 0 Å². The van der Waals surface area contributed by atoms with Crippen molar-refractivity contribution in [2.45, 2.75) is 58.7 Å². The Morgan fingerprint density at radius 2 is 1.64 bits per heavy atom. The van der Waals surface area contributed by atoms with Crippen LogP contribution in [0.3, 0.4) is 0 Å². The van der Waals surface area contributed by atoms with Crippen molar-refractivity contribution < 1.29 is 0 Å². The van der Waals surface area contributed by atoms with E-state index in [-0.39, 0.29) is 5.41 Å². The number of benzene rings is 1. The van der Waals surface area contributed by atoms with E-state index in [0.717, 1.165) is 11.2 Å². The monoisotopic (exact) mass is 311 g/mol. The van der Waals surface area contributed by atoms with E-state index in [1.165, 1.54) is 16.3 Å². The third-order valence-corrected chi connectivity index (χ3v) is 9.64. The Bertz CT molecular complexity index is 651. The molecule has 0 spiro atoms. The van der Waals surface area contributed by atoms with Crippen LogP contribution >= 0.6 is 0 Å². The minimum absolute atomic E-state index is 0.124. The summed E-state index contributed by atoms with van der Waals surface area (Å²) in [6, 6.07) is 13.2. The Kier molecular flexibility index (Phi) is 4.62. The Hall–Kier alpha value is -1.41. The first-order valence-corrected chi connectivity index (χ1v) is 11.3. The molecular formula is C20H29NSi. The van der Waals surface area contributed by atoms with E-state index in [1.807, 2.05) is 6.20 Å². The van der Waals surface area contributed by atoms with Crippen molar-refractivity contribution in [3.63, 3.8) is 0 Å². The number of hydrogen-bond donors (Lipinski definition) is 0. The number of nitrogens with zero attached hydrogens (tertiary/aromatic N) is 1. The summed E-state index contributed by atoms with van der Waals surface area (Å²) in [6.07, 6.45) is 1.99. The summed E-state index contributed by atoms with van der Waals surface area (Å²) in [4.78, 5) is 4.68. The van der Waals surface area contributed by atoms with Crippen LogP contribution in [0, 0.1) is 0 Å². The molecule has 1 aromatic heterocycles.